The van der Waals surface area contributed by atoms with Crippen LogP contribution in [0.2, 0.25) is 0 Å². The van der Waals surface area contributed by atoms with Gasteiger partial charge in [-0.25, -0.2) is 0 Å². The number of imide groups is 1. The van der Waals surface area contributed by atoms with Gasteiger partial charge in [-0.3, -0.25) is 14.5 Å². The van der Waals surface area contributed by atoms with Gasteiger partial charge in [-0.15, -0.1) is 0 Å². The second kappa shape index (κ2) is 7.01. The van der Waals surface area contributed by atoms with Crippen molar-refractivity contribution in [2.45, 2.75) is 25.8 Å². The van der Waals surface area contributed by atoms with Crippen LogP contribution in [-0.2, 0) is 13.0 Å². The highest BCUT2D eigenvalue weighted by Gasteiger charge is 2.34. The molecule has 0 aliphatic carbocycles. The molecule has 1 aliphatic heterocycles. The van der Waals surface area contributed by atoms with Crippen LogP contribution >= 0.6 is 0 Å². The van der Waals surface area contributed by atoms with E-state index in [-0.39, 0.29) is 11.8 Å². The number of nitrogens with zero attached hydrogens (tertiary/aromatic N) is 2. The van der Waals surface area contributed by atoms with E-state index >= 15 is 0 Å². The Labute approximate surface area is 141 Å². The van der Waals surface area contributed by atoms with Crippen molar-refractivity contribution in [1.82, 2.24) is 9.80 Å². The molecule has 0 saturated carbocycles. The predicted octanol–water partition coefficient (Wildman–Crippen LogP) is 2.96. The Kier molecular flexibility index (Phi) is 4.81. The second-order valence-electron chi connectivity index (χ2n) is 6.37. The lowest BCUT2D eigenvalue weighted by Crippen LogP contribution is -2.30. The van der Waals surface area contributed by atoms with E-state index in [1.807, 2.05) is 26.2 Å². The quantitative estimate of drug-likeness (QED) is 0.580. The molecule has 0 saturated heterocycles. The van der Waals surface area contributed by atoms with Crippen LogP contribution in [0.15, 0.2) is 40.8 Å². The minimum absolute atomic E-state index is 0.179. The number of aryl methyl sites for hydroxylation is 1. The average molecular weight is 326 g/mol. The van der Waals surface area contributed by atoms with Gasteiger partial charge in [0.25, 0.3) is 11.8 Å². The summed E-state index contributed by atoms with van der Waals surface area (Å²) >= 11 is 0. The van der Waals surface area contributed by atoms with E-state index in [0.717, 1.165) is 37.3 Å². The van der Waals surface area contributed by atoms with E-state index in [2.05, 4.69) is 4.90 Å². The highest BCUT2D eigenvalue weighted by Crippen LogP contribution is 2.23. The van der Waals surface area contributed by atoms with Crippen LogP contribution in [-0.4, -0.2) is 42.3 Å². The van der Waals surface area contributed by atoms with Crippen molar-refractivity contribution in [3.63, 3.8) is 0 Å². The van der Waals surface area contributed by atoms with Crippen LogP contribution in [0.25, 0.3) is 0 Å². The van der Waals surface area contributed by atoms with Gasteiger partial charge in [0.05, 0.1) is 17.7 Å². The molecule has 3 rings (SSSR count). The van der Waals surface area contributed by atoms with Crippen LogP contribution in [0.4, 0.5) is 0 Å². The number of unbranched alkanes of at least 4 members (excludes halogenated alkanes) is 1. The van der Waals surface area contributed by atoms with E-state index in [9.17, 15) is 9.59 Å². The van der Waals surface area contributed by atoms with Crippen molar-refractivity contribution in [2.24, 2.45) is 0 Å². The molecule has 5 heteroatoms. The number of rotatable bonds is 7. The third kappa shape index (κ3) is 3.41. The number of amides is 2. The first-order chi connectivity index (χ1) is 11.6. The van der Waals surface area contributed by atoms with Gasteiger partial charge in [0, 0.05) is 13.0 Å². The van der Waals surface area contributed by atoms with E-state index in [4.69, 9.17) is 4.42 Å². The SMILES string of the molecule is CN(C)Cc1ccc(CCCCN2C(=O)c3ccccc3C2=O)o1. The van der Waals surface area contributed by atoms with E-state index in [0.29, 0.717) is 17.7 Å². The van der Waals surface area contributed by atoms with Crippen molar-refractivity contribution in [3.05, 3.63) is 59.0 Å². The zero-order valence-electron chi connectivity index (χ0n) is 14.1. The number of carbonyl (C=O) groups excluding carboxylic acids is 2. The molecule has 5 nitrogen and oxygen atoms in total. The summed E-state index contributed by atoms with van der Waals surface area (Å²) in [6.07, 6.45) is 2.47. The maximum Gasteiger partial charge on any atom is 0.261 e. The number of furan rings is 1. The molecule has 2 heterocycles. The molecule has 0 bridgehead atoms. The molecule has 0 atom stereocenters. The summed E-state index contributed by atoms with van der Waals surface area (Å²) in [6.45, 7) is 1.24. The first-order valence-electron chi connectivity index (χ1n) is 8.24. The largest absolute Gasteiger partial charge is 0.465 e. The molecule has 1 aromatic heterocycles. The molecule has 0 radical (unpaired) electrons. The van der Waals surface area contributed by atoms with Gasteiger partial charge in [-0.2, -0.15) is 0 Å². The summed E-state index contributed by atoms with van der Waals surface area (Å²) in [5.74, 6) is 1.55. The lowest BCUT2D eigenvalue weighted by atomic mass is 10.1. The fourth-order valence-corrected chi connectivity index (χ4v) is 2.96. The van der Waals surface area contributed by atoms with Crippen molar-refractivity contribution < 1.29 is 14.0 Å². The Hall–Kier alpha value is -2.40. The molecular weight excluding hydrogens is 304 g/mol. The zero-order chi connectivity index (χ0) is 17.1. The minimum atomic E-state index is -0.179. The molecule has 0 N–H and O–H groups in total. The first kappa shape index (κ1) is 16.5. The molecule has 24 heavy (non-hydrogen) atoms. The van der Waals surface area contributed by atoms with Crippen molar-refractivity contribution in [3.8, 4) is 0 Å². The lowest BCUT2D eigenvalue weighted by molar-refractivity contribution is 0.0651. The third-order valence-electron chi connectivity index (χ3n) is 4.12. The van der Waals surface area contributed by atoms with Crippen LogP contribution in [0.5, 0.6) is 0 Å². The van der Waals surface area contributed by atoms with Gasteiger partial charge < -0.3 is 9.32 Å². The molecule has 2 amide bonds. The van der Waals surface area contributed by atoms with Gasteiger partial charge in [0.15, 0.2) is 0 Å². The number of carbonyl (C=O) groups is 2. The first-order valence-corrected chi connectivity index (χ1v) is 8.24. The van der Waals surface area contributed by atoms with Crippen LogP contribution < -0.4 is 0 Å². The summed E-state index contributed by atoms with van der Waals surface area (Å²) < 4.78 is 5.77. The molecule has 0 fully saturated rings. The summed E-state index contributed by atoms with van der Waals surface area (Å²) in [4.78, 5) is 27.9. The highest BCUT2D eigenvalue weighted by atomic mass is 16.3. The second-order valence-corrected chi connectivity index (χ2v) is 6.37. The Morgan fingerprint density at radius 3 is 2.17 bits per heavy atom. The molecule has 0 unspecified atom stereocenters. The number of fused-ring (bicyclic) bond motifs is 1. The summed E-state index contributed by atoms with van der Waals surface area (Å²) in [5, 5.41) is 0. The van der Waals surface area contributed by atoms with E-state index in [1.165, 1.54) is 4.90 Å². The Morgan fingerprint density at radius 2 is 1.54 bits per heavy atom. The number of hydrogen-bond acceptors (Lipinski definition) is 4. The predicted molar refractivity (Wildman–Crippen MR) is 90.8 cm³/mol. The molecule has 1 aromatic carbocycles. The Morgan fingerprint density at radius 1 is 0.917 bits per heavy atom. The lowest BCUT2D eigenvalue weighted by Gasteiger charge is -2.13. The highest BCUT2D eigenvalue weighted by molar-refractivity contribution is 6.21. The van der Waals surface area contributed by atoms with Gasteiger partial charge in [-0.1, -0.05) is 12.1 Å². The van der Waals surface area contributed by atoms with Crippen molar-refractivity contribution >= 4 is 11.8 Å². The summed E-state index contributed by atoms with van der Waals surface area (Å²) in [6, 6.07) is 11.0. The van der Waals surface area contributed by atoms with Gasteiger partial charge >= 0.3 is 0 Å². The standard InChI is InChI=1S/C19H22N2O3/c1-20(2)13-15-11-10-14(24-15)7-5-6-12-21-18(22)16-8-3-4-9-17(16)19(21)23/h3-4,8-11H,5-7,12-13H2,1-2H3. The Bertz CT molecular complexity index is 714. The van der Waals surface area contributed by atoms with Crippen LogP contribution in [0.3, 0.4) is 0 Å². The average Bonchev–Trinajstić information content (AvgIpc) is 3.09. The minimum Gasteiger partial charge on any atom is -0.465 e. The van der Waals surface area contributed by atoms with Gasteiger partial charge in [-0.05, 0) is 51.2 Å². The van der Waals surface area contributed by atoms with Crippen LogP contribution in [0, 0.1) is 0 Å². The Balaban J connectivity index is 1.48. The number of benzene rings is 1. The fraction of sp³-hybridized carbons (Fsp3) is 0.368. The normalized spacial score (nSPS) is 13.9. The topological polar surface area (TPSA) is 53.8 Å². The monoisotopic (exact) mass is 326 g/mol. The van der Waals surface area contributed by atoms with E-state index < -0.39 is 0 Å². The molecule has 0 spiro atoms. The molecule has 1 aliphatic rings. The van der Waals surface area contributed by atoms with Gasteiger partial charge in [0.2, 0.25) is 0 Å². The maximum absolute atomic E-state index is 12.3. The van der Waals surface area contributed by atoms with Crippen molar-refractivity contribution in [1.29, 1.82) is 0 Å². The third-order valence-corrected chi connectivity index (χ3v) is 4.12. The fourth-order valence-electron chi connectivity index (χ4n) is 2.96. The van der Waals surface area contributed by atoms with E-state index in [1.54, 1.807) is 24.3 Å². The maximum atomic E-state index is 12.3. The smallest absolute Gasteiger partial charge is 0.261 e. The number of hydrogen-bond donors (Lipinski definition) is 0. The zero-order valence-corrected chi connectivity index (χ0v) is 14.1. The van der Waals surface area contributed by atoms with Crippen molar-refractivity contribution in [2.75, 3.05) is 20.6 Å². The summed E-state index contributed by atoms with van der Waals surface area (Å²) in [5.41, 5.74) is 1.03. The van der Waals surface area contributed by atoms with Gasteiger partial charge in [0.1, 0.15) is 11.5 Å². The van der Waals surface area contributed by atoms with Crippen LogP contribution in [0.1, 0.15) is 45.1 Å². The molecule has 2 aromatic rings. The molecular formula is C19H22N2O3. The summed E-state index contributed by atoms with van der Waals surface area (Å²) in [7, 11) is 4.01. The molecule has 126 valence electrons.